The largest absolute Gasteiger partial charge is 0.326 e. The zero-order valence-electron chi connectivity index (χ0n) is 9.04. The normalized spacial score (nSPS) is 21.2. The van der Waals surface area contributed by atoms with E-state index in [9.17, 15) is 8.42 Å². The lowest BCUT2D eigenvalue weighted by Gasteiger charge is -2.16. The maximum Gasteiger partial charge on any atom is 0.244 e. The topological polar surface area (TPSA) is 63.4 Å². The van der Waals surface area contributed by atoms with Crippen LogP contribution in [0.2, 0.25) is 0 Å². The SMILES string of the molecule is Cl.N[C@@H]1CCN(S(=O)(=O)c2ccccc2Br)C1. The summed E-state index contributed by atoms with van der Waals surface area (Å²) in [6.45, 7) is 0.911. The summed E-state index contributed by atoms with van der Waals surface area (Å²) in [6.07, 6.45) is 0.726. The number of benzene rings is 1. The molecule has 0 spiro atoms. The van der Waals surface area contributed by atoms with Crippen LogP contribution in [0.5, 0.6) is 0 Å². The lowest BCUT2D eigenvalue weighted by Crippen LogP contribution is -2.32. The molecular weight excluding hydrogens is 328 g/mol. The highest BCUT2D eigenvalue weighted by molar-refractivity contribution is 9.10. The van der Waals surface area contributed by atoms with Crippen LogP contribution in [0, 0.1) is 0 Å². The van der Waals surface area contributed by atoms with Gasteiger partial charge in [-0.15, -0.1) is 12.4 Å². The van der Waals surface area contributed by atoms with Crippen molar-refractivity contribution in [2.24, 2.45) is 5.73 Å². The second kappa shape index (κ2) is 5.67. The third kappa shape index (κ3) is 3.00. The Bertz CT molecular complexity index is 495. The summed E-state index contributed by atoms with van der Waals surface area (Å²) in [5.41, 5.74) is 5.72. The van der Waals surface area contributed by atoms with E-state index in [0.29, 0.717) is 22.5 Å². The number of sulfonamides is 1. The molecule has 1 aliphatic heterocycles. The van der Waals surface area contributed by atoms with E-state index >= 15 is 0 Å². The quantitative estimate of drug-likeness (QED) is 0.888. The van der Waals surface area contributed by atoms with Crippen molar-refractivity contribution in [3.63, 3.8) is 0 Å². The summed E-state index contributed by atoms with van der Waals surface area (Å²) in [5, 5.41) is 0. The highest BCUT2D eigenvalue weighted by Crippen LogP contribution is 2.26. The fourth-order valence-corrected chi connectivity index (χ4v) is 4.24. The Balaban J connectivity index is 0.00000144. The van der Waals surface area contributed by atoms with E-state index < -0.39 is 10.0 Å². The van der Waals surface area contributed by atoms with Crippen molar-refractivity contribution in [2.45, 2.75) is 17.4 Å². The highest BCUT2D eigenvalue weighted by Gasteiger charge is 2.31. The van der Waals surface area contributed by atoms with Crippen molar-refractivity contribution in [3.8, 4) is 0 Å². The molecule has 1 saturated heterocycles. The van der Waals surface area contributed by atoms with Crippen LogP contribution in [0.25, 0.3) is 0 Å². The molecule has 1 atom stereocenters. The number of nitrogens with two attached hydrogens (primary N) is 1. The summed E-state index contributed by atoms with van der Waals surface area (Å²) in [5.74, 6) is 0. The lowest BCUT2D eigenvalue weighted by molar-refractivity contribution is 0.472. The third-order valence-corrected chi connectivity index (χ3v) is 5.52. The fraction of sp³-hybridized carbons (Fsp3) is 0.400. The molecule has 0 bridgehead atoms. The minimum atomic E-state index is -3.40. The Hall–Kier alpha value is -0.140. The van der Waals surface area contributed by atoms with E-state index in [4.69, 9.17) is 5.73 Å². The molecule has 0 amide bonds. The van der Waals surface area contributed by atoms with Gasteiger partial charge in [-0.05, 0) is 34.5 Å². The second-order valence-electron chi connectivity index (χ2n) is 3.84. The molecule has 1 heterocycles. The summed E-state index contributed by atoms with van der Waals surface area (Å²) in [6, 6.07) is 6.79. The smallest absolute Gasteiger partial charge is 0.244 e. The van der Waals surface area contributed by atoms with Crippen LogP contribution < -0.4 is 5.73 Å². The summed E-state index contributed by atoms with van der Waals surface area (Å²) >= 11 is 3.26. The van der Waals surface area contributed by atoms with Gasteiger partial charge in [-0.1, -0.05) is 12.1 Å². The van der Waals surface area contributed by atoms with Gasteiger partial charge in [-0.25, -0.2) is 8.42 Å². The van der Waals surface area contributed by atoms with E-state index in [2.05, 4.69) is 15.9 Å². The number of rotatable bonds is 2. The van der Waals surface area contributed by atoms with Crippen LogP contribution in [-0.4, -0.2) is 31.9 Å². The Kier molecular flexibility index (Phi) is 4.97. The van der Waals surface area contributed by atoms with E-state index in [-0.39, 0.29) is 18.4 Å². The van der Waals surface area contributed by atoms with Crippen molar-refractivity contribution in [3.05, 3.63) is 28.7 Å². The first-order valence-electron chi connectivity index (χ1n) is 5.02. The Morgan fingerprint density at radius 1 is 1.35 bits per heavy atom. The molecule has 2 N–H and O–H groups in total. The number of hydrogen-bond donors (Lipinski definition) is 1. The van der Waals surface area contributed by atoms with Crippen LogP contribution in [-0.2, 0) is 10.0 Å². The predicted molar refractivity (Wildman–Crippen MR) is 72.7 cm³/mol. The Morgan fingerprint density at radius 3 is 2.53 bits per heavy atom. The molecule has 2 rings (SSSR count). The molecular formula is C10H14BrClN2O2S. The summed E-state index contributed by atoms with van der Waals surface area (Å²) in [7, 11) is -3.40. The lowest BCUT2D eigenvalue weighted by atomic mass is 10.3. The minimum absolute atomic E-state index is 0. The molecule has 7 heteroatoms. The molecule has 1 fully saturated rings. The van der Waals surface area contributed by atoms with Gasteiger partial charge in [0, 0.05) is 23.6 Å². The number of hydrogen-bond acceptors (Lipinski definition) is 3. The molecule has 0 aromatic heterocycles. The molecule has 1 aromatic carbocycles. The Labute approximate surface area is 116 Å². The second-order valence-corrected chi connectivity index (χ2v) is 6.60. The Morgan fingerprint density at radius 2 is 2.00 bits per heavy atom. The van der Waals surface area contributed by atoms with Crippen LogP contribution in [0.3, 0.4) is 0 Å². The molecule has 1 aliphatic rings. The molecule has 1 aromatic rings. The van der Waals surface area contributed by atoms with Crippen molar-refractivity contribution < 1.29 is 8.42 Å². The molecule has 4 nitrogen and oxygen atoms in total. The van der Waals surface area contributed by atoms with Crippen molar-refractivity contribution in [2.75, 3.05) is 13.1 Å². The van der Waals surface area contributed by atoms with Crippen molar-refractivity contribution in [1.29, 1.82) is 0 Å². The van der Waals surface area contributed by atoms with Gasteiger partial charge in [0.15, 0.2) is 0 Å². The van der Waals surface area contributed by atoms with Gasteiger partial charge < -0.3 is 5.73 Å². The molecule has 96 valence electrons. The van der Waals surface area contributed by atoms with Gasteiger partial charge in [0.2, 0.25) is 10.0 Å². The zero-order valence-corrected chi connectivity index (χ0v) is 12.3. The maximum atomic E-state index is 12.2. The van der Waals surface area contributed by atoms with E-state index in [1.807, 2.05) is 0 Å². The molecule has 0 saturated carbocycles. The molecule has 0 aliphatic carbocycles. The predicted octanol–water partition coefficient (Wildman–Crippen LogP) is 1.59. The van der Waals surface area contributed by atoms with Gasteiger partial charge >= 0.3 is 0 Å². The van der Waals surface area contributed by atoms with Crippen LogP contribution >= 0.6 is 28.3 Å². The first kappa shape index (κ1) is 14.9. The maximum absolute atomic E-state index is 12.2. The van der Waals surface area contributed by atoms with Gasteiger partial charge in [0.05, 0.1) is 4.90 Å². The molecule has 0 unspecified atom stereocenters. The zero-order chi connectivity index (χ0) is 11.8. The van der Waals surface area contributed by atoms with E-state index in [1.54, 1.807) is 24.3 Å². The number of nitrogens with zero attached hydrogens (tertiary/aromatic N) is 1. The van der Waals surface area contributed by atoms with Crippen LogP contribution in [0.4, 0.5) is 0 Å². The summed E-state index contributed by atoms with van der Waals surface area (Å²) < 4.78 is 26.5. The van der Waals surface area contributed by atoms with Crippen molar-refractivity contribution >= 4 is 38.4 Å². The van der Waals surface area contributed by atoms with Crippen LogP contribution in [0.1, 0.15) is 6.42 Å². The number of halogens is 2. The first-order chi connectivity index (χ1) is 7.51. The first-order valence-corrected chi connectivity index (χ1v) is 7.25. The summed E-state index contributed by atoms with van der Waals surface area (Å²) in [4.78, 5) is 0.309. The minimum Gasteiger partial charge on any atom is -0.326 e. The fourth-order valence-electron chi connectivity index (χ4n) is 1.77. The van der Waals surface area contributed by atoms with Crippen LogP contribution in [0.15, 0.2) is 33.6 Å². The standard InChI is InChI=1S/C10H13BrN2O2S.ClH/c11-9-3-1-2-4-10(9)16(14,15)13-6-5-8(12)7-13;/h1-4,8H,5-7,12H2;1H/t8-;/m1./s1. The molecule has 0 radical (unpaired) electrons. The molecule has 17 heavy (non-hydrogen) atoms. The monoisotopic (exact) mass is 340 g/mol. The third-order valence-electron chi connectivity index (χ3n) is 2.64. The van der Waals surface area contributed by atoms with Crippen molar-refractivity contribution in [1.82, 2.24) is 4.31 Å². The van der Waals surface area contributed by atoms with Gasteiger partial charge in [0.25, 0.3) is 0 Å². The van der Waals surface area contributed by atoms with Gasteiger partial charge in [-0.3, -0.25) is 0 Å². The highest BCUT2D eigenvalue weighted by atomic mass is 79.9. The van der Waals surface area contributed by atoms with E-state index in [1.165, 1.54) is 4.31 Å². The van der Waals surface area contributed by atoms with Gasteiger partial charge in [0.1, 0.15) is 0 Å². The van der Waals surface area contributed by atoms with E-state index in [0.717, 1.165) is 6.42 Å². The average molecular weight is 342 g/mol. The average Bonchev–Trinajstić information content (AvgIpc) is 2.66. The van der Waals surface area contributed by atoms with Gasteiger partial charge in [-0.2, -0.15) is 4.31 Å².